The zero-order chi connectivity index (χ0) is 22.8. The van der Waals surface area contributed by atoms with E-state index in [0.717, 1.165) is 17.7 Å². The Labute approximate surface area is 189 Å². The molecule has 1 aliphatic heterocycles. The summed E-state index contributed by atoms with van der Waals surface area (Å²) < 4.78 is 16.2. The van der Waals surface area contributed by atoms with Crippen LogP contribution in [0.4, 0.5) is 0 Å². The molecule has 32 heavy (non-hydrogen) atoms. The molecule has 172 valence electrons. The normalized spacial score (nSPS) is 13.9. The van der Waals surface area contributed by atoms with E-state index in [0.29, 0.717) is 63.5 Å². The van der Waals surface area contributed by atoms with E-state index in [1.165, 1.54) is 0 Å². The van der Waals surface area contributed by atoms with Crippen molar-refractivity contribution in [2.24, 2.45) is 0 Å². The van der Waals surface area contributed by atoms with Crippen LogP contribution in [0.15, 0.2) is 48.5 Å². The first kappa shape index (κ1) is 23.4. The quantitative estimate of drug-likeness (QED) is 0.561. The van der Waals surface area contributed by atoms with Crippen LogP contribution in [0.5, 0.6) is 17.2 Å². The summed E-state index contributed by atoms with van der Waals surface area (Å²) in [5.74, 6) is 2.25. The fraction of sp³-hybridized carbons (Fsp3) is 0.440. The van der Waals surface area contributed by atoms with E-state index >= 15 is 0 Å². The fourth-order valence-electron chi connectivity index (χ4n) is 3.78. The number of amides is 2. The number of nitrogens with zero attached hydrogens (tertiary/aromatic N) is 2. The minimum atomic E-state index is 0.0581. The molecule has 2 amide bonds. The predicted octanol–water partition coefficient (Wildman–Crippen LogP) is 3.17. The van der Waals surface area contributed by atoms with Gasteiger partial charge in [-0.05, 0) is 42.7 Å². The van der Waals surface area contributed by atoms with Crippen molar-refractivity contribution in [3.63, 3.8) is 0 Å². The van der Waals surface area contributed by atoms with Gasteiger partial charge in [-0.25, -0.2) is 0 Å². The Bertz CT molecular complexity index is 887. The fourth-order valence-corrected chi connectivity index (χ4v) is 3.78. The highest BCUT2D eigenvalue weighted by atomic mass is 16.5. The van der Waals surface area contributed by atoms with Crippen LogP contribution in [0.2, 0.25) is 0 Å². The first-order chi connectivity index (χ1) is 15.6. The predicted molar refractivity (Wildman–Crippen MR) is 122 cm³/mol. The van der Waals surface area contributed by atoms with E-state index in [1.807, 2.05) is 58.3 Å². The summed E-state index contributed by atoms with van der Waals surface area (Å²) in [5.41, 5.74) is 0.878. The summed E-state index contributed by atoms with van der Waals surface area (Å²) in [5, 5.41) is 0. The molecule has 0 spiro atoms. The Hall–Kier alpha value is -3.22. The summed E-state index contributed by atoms with van der Waals surface area (Å²) in [7, 11) is 3.17. The number of carbonyl (C=O) groups excluding carboxylic acids is 2. The summed E-state index contributed by atoms with van der Waals surface area (Å²) in [6.45, 7) is 2.97. The number of benzene rings is 2. The van der Waals surface area contributed by atoms with E-state index in [1.54, 1.807) is 14.2 Å². The molecule has 0 atom stereocenters. The van der Waals surface area contributed by atoms with Crippen LogP contribution in [0.25, 0.3) is 0 Å². The monoisotopic (exact) mass is 440 g/mol. The van der Waals surface area contributed by atoms with Gasteiger partial charge in [0.15, 0.2) is 11.5 Å². The number of hydrogen-bond donors (Lipinski definition) is 0. The molecule has 3 rings (SSSR count). The van der Waals surface area contributed by atoms with Gasteiger partial charge in [-0.3, -0.25) is 9.59 Å². The number of para-hydroxylation sites is 1. The molecule has 0 radical (unpaired) electrons. The molecular formula is C25H32N2O5. The molecule has 2 aromatic carbocycles. The Balaban J connectivity index is 1.43. The van der Waals surface area contributed by atoms with Gasteiger partial charge in [-0.2, -0.15) is 0 Å². The lowest BCUT2D eigenvalue weighted by atomic mass is 10.1. The van der Waals surface area contributed by atoms with Crippen LogP contribution in [-0.4, -0.2) is 68.6 Å². The van der Waals surface area contributed by atoms with Gasteiger partial charge in [0.25, 0.3) is 0 Å². The van der Waals surface area contributed by atoms with Crippen molar-refractivity contribution in [1.82, 2.24) is 9.80 Å². The van der Waals surface area contributed by atoms with Gasteiger partial charge in [0, 0.05) is 32.6 Å². The second-order valence-electron chi connectivity index (χ2n) is 7.75. The van der Waals surface area contributed by atoms with Crippen molar-refractivity contribution in [2.45, 2.75) is 25.7 Å². The SMILES string of the molecule is COc1ccc(CC(=O)N2CCCN(C(=O)CCCOc3ccccc3)CC2)cc1OC. The van der Waals surface area contributed by atoms with E-state index in [2.05, 4.69) is 0 Å². The lowest BCUT2D eigenvalue weighted by Crippen LogP contribution is -2.38. The molecular weight excluding hydrogens is 408 g/mol. The Morgan fingerprint density at radius 3 is 2.22 bits per heavy atom. The second-order valence-corrected chi connectivity index (χ2v) is 7.75. The van der Waals surface area contributed by atoms with Gasteiger partial charge >= 0.3 is 0 Å². The molecule has 1 heterocycles. The lowest BCUT2D eigenvalue weighted by molar-refractivity contribution is -0.133. The van der Waals surface area contributed by atoms with E-state index < -0.39 is 0 Å². The molecule has 0 N–H and O–H groups in total. The third-order valence-electron chi connectivity index (χ3n) is 5.55. The first-order valence-corrected chi connectivity index (χ1v) is 11.0. The molecule has 1 aliphatic rings. The van der Waals surface area contributed by atoms with Gasteiger partial charge in [-0.1, -0.05) is 24.3 Å². The molecule has 1 fully saturated rings. The van der Waals surface area contributed by atoms with Crippen LogP contribution < -0.4 is 14.2 Å². The summed E-state index contributed by atoms with van der Waals surface area (Å²) >= 11 is 0. The second kappa shape index (κ2) is 12.0. The third-order valence-corrected chi connectivity index (χ3v) is 5.55. The zero-order valence-corrected chi connectivity index (χ0v) is 18.9. The zero-order valence-electron chi connectivity index (χ0n) is 18.9. The summed E-state index contributed by atoms with van der Waals surface area (Å²) in [6.07, 6.45) is 2.20. The van der Waals surface area contributed by atoms with E-state index in [9.17, 15) is 9.59 Å². The van der Waals surface area contributed by atoms with Crippen LogP contribution in [0.1, 0.15) is 24.8 Å². The maximum absolute atomic E-state index is 12.8. The average Bonchev–Trinajstić information content (AvgIpc) is 3.09. The topological polar surface area (TPSA) is 68.3 Å². The van der Waals surface area contributed by atoms with Gasteiger partial charge < -0.3 is 24.0 Å². The number of hydrogen-bond acceptors (Lipinski definition) is 5. The van der Waals surface area contributed by atoms with Gasteiger partial charge in [0.1, 0.15) is 5.75 Å². The molecule has 0 unspecified atom stereocenters. The van der Waals surface area contributed by atoms with Crippen molar-refractivity contribution in [1.29, 1.82) is 0 Å². The van der Waals surface area contributed by atoms with Gasteiger partial charge in [0.05, 0.1) is 27.2 Å². The number of methoxy groups -OCH3 is 2. The third kappa shape index (κ3) is 6.64. The van der Waals surface area contributed by atoms with Crippen LogP contribution in [0, 0.1) is 0 Å². The first-order valence-electron chi connectivity index (χ1n) is 11.0. The highest BCUT2D eigenvalue weighted by Crippen LogP contribution is 2.28. The number of carbonyl (C=O) groups is 2. The molecule has 7 heteroatoms. The highest BCUT2D eigenvalue weighted by molar-refractivity contribution is 5.79. The van der Waals surface area contributed by atoms with Crippen LogP contribution >= 0.6 is 0 Å². The lowest BCUT2D eigenvalue weighted by Gasteiger charge is -2.22. The van der Waals surface area contributed by atoms with Crippen molar-refractivity contribution < 1.29 is 23.8 Å². The molecule has 0 aliphatic carbocycles. The Kier molecular flexibility index (Phi) is 8.78. The van der Waals surface area contributed by atoms with Crippen LogP contribution in [-0.2, 0) is 16.0 Å². The average molecular weight is 441 g/mol. The van der Waals surface area contributed by atoms with Crippen LogP contribution in [0.3, 0.4) is 0 Å². The van der Waals surface area contributed by atoms with Crippen molar-refractivity contribution >= 4 is 11.8 Å². The van der Waals surface area contributed by atoms with E-state index in [4.69, 9.17) is 14.2 Å². The molecule has 0 aromatic heterocycles. The number of ether oxygens (including phenoxy) is 3. The van der Waals surface area contributed by atoms with Gasteiger partial charge in [0.2, 0.25) is 11.8 Å². The standard InChI is InChI=1S/C25H32N2O5/c1-30-22-12-11-20(18-23(22)31-2)19-25(29)27-14-7-13-26(15-16-27)24(28)10-6-17-32-21-8-4-3-5-9-21/h3-5,8-9,11-12,18H,6-7,10,13-17,19H2,1-2H3. The smallest absolute Gasteiger partial charge is 0.227 e. The minimum Gasteiger partial charge on any atom is -0.494 e. The Morgan fingerprint density at radius 2 is 1.53 bits per heavy atom. The maximum Gasteiger partial charge on any atom is 0.227 e. The number of rotatable bonds is 9. The van der Waals surface area contributed by atoms with Crippen molar-refractivity contribution in [2.75, 3.05) is 47.0 Å². The van der Waals surface area contributed by atoms with Crippen molar-refractivity contribution in [3.05, 3.63) is 54.1 Å². The molecule has 2 aromatic rings. The largest absolute Gasteiger partial charge is 0.494 e. The minimum absolute atomic E-state index is 0.0581. The van der Waals surface area contributed by atoms with Crippen molar-refractivity contribution in [3.8, 4) is 17.2 Å². The molecule has 7 nitrogen and oxygen atoms in total. The molecule has 0 bridgehead atoms. The summed E-state index contributed by atoms with van der Waals surface area (Å²) in [4.78, 5) is 29.1. The maximum atomic E-state index is 12.8. The van der Waals surface area contributed by atoms with E-state index in [-0.39, 0.29) is 11.8 Å². The Morgan fingerprint density at radius 1 is 0.844 bits per heavy atom. The summed E-state index contributed by atoms with van der Waals surface area (Å²) in [6, 6.07) is 15.1. The molecule has 1 saturated heterocycles. The van der Waals surface area contributed by atoms with Gasteiger partial charge in [-0.15, -0.1) is 0 Å². The highest BCUT2D eigenvalue weighted by Gasteiger charge is 2.22. The molecule has 0 saturated carbocycles.